The molecule has 0 aliphatic heterocycles. The van der Waals surface area contributed by atoms with Gasteiger partial charge in [-0.3, -0.25) is 0 Å². The largest absolute Gasteiger partial charge is 0.454 e. The van der Waals surface area contributed by atoms with Crippen molar-refractivity contribution >= 4 is 27.0 Å². The molecule has 0 N–H and O–H groups in total. The van der Waals surface area contributed by atoms with E-state index in [0.717, 1.165) is 9.82 Å². The van der Waals surface area contributed by atoms with Crippen LogP contribution in [0.2, 0.25) is 0 Å². The number of nitrogens with zero attached hydrogens (tertiary/aromatic N) is 6. The fraction of sp³-hybridized carbons (Fsp3) is 0.304. The number of fused-ring (bicyclic) bond motifs is 1. The summed E-state index contributed by atoms with van der Waals surface area (Å²) in [5, 5.41) is 4.32. The van der Waals surface area contributed by atoms with Gasteiger partial charge in [0, 0.05) is 26.8 Å². The third kappa shape index (κ3) is 4.19. The highest BCUT2D eigenvalue weighted by atomic mass is 32.2. The molecule has 4 rings (SSSR count). The van der Waals surface area contributed by atoms with Crippen LogP contribution < -0.4 is 0 Å². The van der Waals surface area contributed by atoms with Crippen molar-refractivity contribution in [2.75, 3.05) is 14.1 Å². The lowest BCUT2D eigenvalue weighted by molar-refractivity contribution is 0.0457. The monoisotopic (exact) mass is 482 g/mol. The van der Waals surface area contributed by atoms with Crippen LogP contribution in [-0.2, 0) is 34.3 Å². The summed E-state index contributed by atoms with van der Waals surface area (Å²) in [5.41, 5.74) is 2.36. The second-order valence-corrected chi connectivity index (χ2v) is 9.90. The number of benzene rings is 1. The molecule has 0 aliphatic carbocycles. The average Bonchev–Trinajstić information content (AvgIpc) is 3.43. The van der Waals surface area contributed by atoms with Crippen molar-refractivity contribution in [3.8, 4) is 5.82 Å². The number of hydrogen-bond donors (Lipinski definition) is 0. The molecule has 3 heterocycles. The lowest BCUT2D eigenvalue weighted by atomic mass is 10.2. The summed E-state index contributed by atoms with van der Waals surface area (Å²) < 4.78 is 35.2. The summed E-state index contributed by atoms with van der Waals surface area (Å²) in [4.78, 5) is 21.9. The summed E-state index contributed by atoms with van der Waals surface area (Å²) in [7, 11) is -0.621. The first-order chi connectivity index (χ1) is 16.3. The Bertz CT molecular complexity index is 1440. The van der Waals surface area contributed by atoms with Crippen LogP contribution in [-0.4, -0.2) is 57.1 Å². The summed E-state index contributed by atoms with van der Waals surface area (Å²) in [6, 6.07) is 10.3. The Hall–Kier alpha value is -3.57. The number of pyridine rings is 1. The molecule has 0 aliphatic rings. The number of carbonyl (C=O) groups is 1. The fourth-order valence-corrected chi connectivity index (χ4v) is 4.68. The minimum Gasteiger partial charge on any atom is -0.454 e. The van der Waals surface area contributed by atoms with Crippen molar-refractivity contribution < 1.29 is 17.9 Å². The van der Waals surface area contributed by atoms with Crippen LogP contribution in [0.3, 0.4) is 0 Å². The lowest BCUT2D eigenvalue weighted by Gasteiger charge is -2.11. The summed E-state index contributed by atoms with van der Waals surface area (Å²) >= 11 is 0. The minimum atomic E-state index is -3.58. The molecule has 0 amide bonds. The highest BCUT2D eigenvalue weighted by molar-refractivity contribution is 7.89. The molecule has 0 saturated heterocycles. The maximum Gasteiger partial charge on any atom is 0.342 e. The van der Waals surface area contributed by atoms with Crippen LogP contribution in [0, 0.1) is 0 Å². The van der Waals surface area contributed by atoms with E-state index in [-0.39, 0.29) is 11.5 Å². The van der Waals surface area contributed by atoms with Gasteiger partial charge in [-0.2, -0.15) is 5.10 Å². The Balaban J connectivity index is 1.60. The SMILES string of the molecule is CCc1c(C(=O)OCc2nc3cc(S(=O)(=O)N(C)C)ccc3n2CC)cnn1-c1ccccn1. The Kier molecular flexibility index (Phi) is 6.49. The molecular formula is C23H26N6O4S. The highest BCUT2D eigenvalue weighted by Gasteiger charge is 2.22. The molecule has 34 heavy (non-hydrogen) atoms. The molecule has 0 fully saturated rings. The zero-order valence-electron chi connectivity index (χ0n) is 19.5. The van der Waals surface area contributed by atoms with Gasteiger partial charge >= 0.3 is 5.97 Å². The second kappa shape index (κ2) is 9.35. The molecule has 0 radical (unpaired) electrons. The Morgan fingerprint density at radius 2 is 1.94 bits per heavy atom. The van der Waals surface area contributed by atoms with Crippen molar-refractivity contribution in [2.45, 2.75) is 38.3 Å². The molecule has 0 unspecified atom stereocenters. The maximum atomic E-state index is 12.9. The third-order valence-electron chi connectivity index (χ3n) is 5.52. The first-order valence-corrected chi connectivity index (χ1v) is 12.3. The number of imidazole rings is 1. The van der Waals surface area contributed by atoms with Crippen LogP contribution >= 0.6 is 0 Å². The molecule has 0 saturated carbocycles. The lowest BCUT2D eigenvalue weighted by Crippen LogP contribution is -2.22. The van der Waals surface area contributed by atoms with Gasteiger partial charge in [-0.15, -0.1) is 0 Å². The highest BCUT2D eigenvalue weighted by Crippen LogP contribution is 2.23. The first-order valence-electron chi connectivity index (χ1n) is 10.8. The zero-order valence-corrected chi connectivity index (χ0v) is 20.3. The van der Waals surface area contributed by atoms with Gasteiger partial charge < -0.3 is 9.30 Å². The van der Waals surface area contributed by atoms with Crippen LogP contribution in [0.1, 0.15) is 35.7 Å². The van der Waals surface area contributed by atoms with Crippen molar-refractivity contribution in [1.29, 1.82) is 0 Å². The number of aromatic nitrogens is 5. The van der Waals surface area contributed by atoms with Gasteiger partial charge in [0.1, 0.15) is 18.0 Å². The predicted molar refractivity (Wildman–Crippen MR) is 126 cm³/mol. The second-order valence-electron chi connectivity index (χ2n) is 7.74. The van der Waals surface area contributed by atoms with Gasteiger partial charge in [0.2, 0.25) is 10.0 Å². The number of rotatable bonds is 8. The fourth-order valence-electron chi connectivity index (χ4n) is 3.76. The van der Waals surface area contributed by atoms with Gasteiger partial charge in [0.05, 0.1) is 27.8 Å². The molecule has 0 bridgehead atoms. The topological polar surface area (TPSA) is 112 Å². The van der Waals surface area contributed by atoms with E-state index in [1.807, 2.05) is 36.6 Å². The maximum absolute atomic E-state index is 12.9. The summed E-state index contributed by atoms with van der Waals surface area (Å²) in [5.74, 6) is 0.639. The quantitative estimate of drug-likeness (QED) is 0.355. The van der Waals surface area contributed by atoms with Crippen LogP contribution in [0.5, 0.6) is 0 Å². The van der Waals surface area contributed by atoms with Gasteiger partial charge in [0.15, 0.2) is 5.82 Å². The van der Waals surface area contributed by atoms with Crippen molar-refractivity contribution in [1.82, 2.24) is 28.6 Å². The molecule has 0 spiro atoms. The van der Waals surface area contributed by atoms with Crippen molar-refractivity contribution in [3.63, 3.8) is 0 Å². The van der Waals surface area contributed by atoms with Gasteiger partial charge in [-0.25, -0.2) is 32.2 Å². The Morgan fingerprint density at radius 1 is 1.15 bits per heavy atom. The Labute approximate surface area is 197 Å². The van der Waals surface area contributed by atoms with E-state index in [4.69, 9.17) is 4.74 Å². The van der Waals surface area contributed by atoms with Gasteiger partial charge in [0.25, 0.3) is 0 Å². The molecule has 3 aromatic heterocycles. The number of carbonyl (C=O) groups excluding carboxylic acids is 1. The average molecular weight is 483 g/mol. The van der Waals surface area contributed by atoms with Crippen molar-refractivity contribution in [2.24, 2.45) is 0 Å². The smallest absolute Gasteiger partial charge is 0.342 e. The minimum absolute atomic E-state index is 0.0605. The molecule has 1 aromatic carbocycles. The van der Waals surface area contributed by atoms with E-state index in [0.29, 0.717) is 41.4 Å². The van der Waals surface area contributed by atoms with E-state index >= 15 is 0 Å². The predicted octanol–water partition coefficient (Wildman–Crippen LogP) is 2.81. The van der Waals surface area contributed by atoms with E-state index in [9.17, 15) is 13.2 Å². The normalized spacial score (nSPS) is 11.9. The summed E-state index contributed by atoms with van der Waals surface area (Å²) in [6.07, 6.45) is 3.72. The number of hydrogen-bond acceptors (Lipinski definition) is 7. The van der Waals surface area contributed by atoms with E-state index < -0.39 is 16.0 Å². The molecule has 0 atom stereocenters. The molecule has 10 nitrogen and oxygen atoms in total. The van der Waals surface area contributed by atoms with Crippen LogP contribution in [0.25, 0.3) is 16.9 Å². The third-order valence-corrected chi connectivity index (χ3v) is 7.33. The molecular weight excluding hydrogens is 456 g/mol. The molecule has 4 aromatic rings. The van der Waals surface area contributed by atoms with Gasteiger partial charge in [-0.05, 0) is 43.7 Å². The Morgan fingerprint density at radius 3 is 2.59 bits per heavy atom. The number of aryl methyl sites for hydroxylation is 1. The number of ether oxygens (including phenoxy) is 1. The van der Waals surface area contributed by atoms with Crippen LogP contribution in [0.15, 0.2) is 53.7 Å². The van der Waals surface area contributed by atoms with E-state index in [1.54, 1.807) is 23.0 Å². The van der Waals surface area contributed by atoms with Gasteiger partial charge in [-0.1, -0.05) is 13.0 Å². The number of esters is 1. The van der Waals surface area contributed by atoms with E-state index in [1.165, 1.54) is 26.4 Å². The standard InChI is InChI=1S/C23H26N6O4S/c1-5-19-17(14-25-29(19)21-9-7-8-12-24-21)23(30)33-15-22-26-18-13-16(34(31,32)27(3)4)10-11-20(18)28(22)6-2/h7-14H,5-6,15H2,1-4H3. The number of sulfonamides is 1. The molecule has 11 heteroatoms. The molecule has 178 valence electrons. The van der Waals surface area contributed by atoms with Crippen molar-refractivity contribution in [3.05, 3.63) is 65.9 Å². The summed E-state index contributed by atoms with van der Waals surface area (Å²) in [6.45, 7) is 4.40. The first kappa shape index (κ1) is 23.6. The zero-order chi connectivity index (χ0) is 24.5. The van der Waals surface area contributed by atoms with Crippen LogP contribution in [0.4, 0.5) is 0 Å². The van der Waals surface area contributed by atoms with E-state index in [2.05, 4.69) is 15.1 Å².